The molecule has 3 rings (SSSR count). The van der Waals surface area contributed by atoms with Crippen LogP contribution in [0.25, 0.3) is 0 Å². The standard InChI is InChI=1S/C14H27N3/c1-2-15-12-5-8-17(11-12)14-6-9-16-7-3-4-13(16)10-14/h12-15H,2-11H2,1H3. The van der Waals surface area contributed by atoms with Crippen LogP contribution in [0.5, 0.6) is 0 Å². The van der Waals surface area contributed by atoms with Crippen LogP contribution in [0.4, 0.5) is 0 Å². The van der Waals surface area contributed by atoms with Crippen molar-refractivity contribution < 1.29 is 0 Å². The molecule has 0 aromatic rings. The van der Waals surface area contributed by atoms with Gasteiger partial charge in [0.05, 0.1) is 0 Å². The van der Waals surface area contributed by atoms with Crippen molar-refractivity contribution in [2.75, 3.05) is 32.7 Å². The Morgan fingerprint density at radius 2 is 1.82 bits per heavy atom. The molecule has 3 saturated heterocycles. The van der Waals surface area contributed by atoms with Gasteiger partial charge in [0, 0.05) is 31.2 Å². The van der Waals surface area contributed by atoms with E-state index in [1.165, 1.54) is 58.3 Å². The van der Waals surface area contributed by atoms with E-state index in [0.717, 1.165) is 24.7 Å². The van der Waals surface area contributed by atoms with Crippen LogP contribution in [0.3, 0.4) is 0 Å². The van der Waals surface area contributed by atoms with Gasteiger partial charge in [0.1, 0.15) is 0 Å². The zero-order valence-electron chi connectivity index (χ0n) is 11.2. The molecule has 3 nitrogen and oxygen atoms in total. The second kappa shape index (κ2) is 5.25. The topological polar surface area (TPSA) is 18.5 Å². The molecule has 98 valence electrons. The molecule has 3 aliphatic rings. The van der Waals surface area contributed by atoms with Crippen molar-refractivity contribution >= 4 is 0 Å². The highest BCUT2D eigenvalue weighted by Crippen LogP contribution is 2.30. The highest BCUT2D eigenvalue weighted by atomic mass is 15.3. The average Bonchev–Trinajstić information content (AvgIpc) is 2.96. The molecule has 0 aromatic heterocycles. The van der Waals surface area contributed by atoms with Crippen molar-refractivity contribution in [1.29, 1.82) is 0 Å². The van der Waals surface area contributed by atoms with E-state index in [2.05, 4.69) is 22.0 Å². The molecule has 3 atom stereocenters. The van der Waals surface area contributed by atoms with Gasteiger partial charge in [0.25, 0.3) is 0 Å². The maximum absolute atomic E-state index is 3.61. The molecule has 3 heterocycles. The lowest BCUT2D eigenvalue weighted by Crippen LogP contribution is -2.47. The molecule has 0 radical (unpaired) electrons. The van der Waals surface area contributed by atoms with Crippen LogP contribution >= 0.6 is 0 Å². The van der Waals surface area contributed by atoms with Gasteiger partial charge in [0.15, 0.2) is 0 Å². The van der Waals surface area contributed by atoms with E-state index in [1.807, 2.05) is 0 Å². The lowest BCUT2D eigenvalue weighted by Gasteiger charge is -2.39. The van der Waals surface area contributed by atoms with Crippen molar-refractivity contribution in [2.45, 2.75) is 57.2 Å². The van der Waals surface area contributed by atoms with Crippen LogP contribution in [0.2, 0.25) is 0 Å². The first kappa shape index (κ1) is 11.9. The third-order valence-electron chi connectivity index (χ3n) is 5.02. The summed E-state index contributed by atoms with van der Waals surface area (Å²) in [6, 6.07) is 2.58. The summed E-state index contributed by atoms with van der Waals surface area (Å²) in [7, 11) is 0. The fourth-order valence-corrected chi connectivity index (χ4v) is 4.11. The van der Waals surface area contributed by atoms with Gasteiger partial charge in [-0.05, 0) is 51.7 Å². The number of hydrogen-bond donors (Lipinski definition) is 1. The molecule has 0 aliphatic carbocycles. The predicted octanol–water partition coefficient (Wildman–Crippen LogP) is 1.30. The molecule has 0 spiro atoms. The van der Waals surface area contributed by atoms with Crippen molar-refractivity contribution in [3.05, 3.63) is 0 Å². The Balaban J connectivity index is 1.52. The summed E-state index contributed by atoms with van der Waals surface area (Å²) in [6.45, 7) is 8.70. The lowest BCUT2D eigenvalue weighted by atomic mass is 9.96. The van der Waals surface area contributed by atoms with Crippen molar-refractivity contribution in [3.63, 3.8) is 0 Å². The third kappa shape index (κ3) is 2.51. The monoisotopic (exact) mass is 237 g/mol. The van der Waals surface area contributed by atoms with Crippen LogP contribution in [0.15, 0.2) is 0 Å². The molecule has 3 aliphatic heterocycles. The number of hydrogen-bond acceptors (Lipinski definition) is 3. The first-order chi connectivity index (χ1) is 8.36. The molecule has 17 heavy (non-hydrogen) atoms. The predicted molar refractivity (Wildman–Crippen MR) is 71.3 cm³/mol. The number of fused-ring (bicyclic) bond motifs is 1. The Morgan fingerprint density at radius 1 is 1.00 bits per heavy atom. The van der Waals surface area contributed by atoms with Crippen molar-refractivity contribution in [2.24, 2.45) is 0 Å². The van der Waals surface area contributed by atoms with Crippen LogP contribution in [0.1, 0.15) is 39.0 Å². The van der Waals surface area contributed by atoms with Gasteiger partial charge < -0.3 is 10.2 Å². The van der Waals surface area contributed by atoms with E-state index < -0.39 is 0 Å². The third-order valence-corrected chi connectivity index (χ3v) is 5.02. The zero-order valence-corrected chi connectivity index (χ0v) is 11.2. The summed E-state index contributed by atoms with van der Waals surface area (Å²) in [5, 5.41) is 3.61. The molecular weight excluding hydrogens is 210 g/mol. The Hall–Kier alpha value is -0.120. The molecule has 0 amide bonds. The van der Waals surface area contributed by atoms with E-state index in [-0.39, 0.29) is 0 Å². The SMILES string of the molecule is CCNC1CCN(C2CCN3CCCC3C2)C1. The minimum Gasteiger partial charge on any atom is -0.313 e. The number of piperidine rings is 1. The lowest BCUT2D eigenvalue weighted by molar-refractivity contribution is 0.102. The molecule has 1 N–H and O–H groups in total. The number of nitrogens with one attached hydrogen (secondary N) is 1. The van der Waals surface area contributed by atoms with Gasteiger partial charge in [-0.1, -0.05) is 6.92 Å². The Labute approximate surface area is 106 Å². The highest BCUT2D eigenvalue weighted by molar-refractivity contribution is 4.93. The second-order valence-electron chi connectivity index (χ2n) is 6.05. The normalized spacial score (nSPS) is 39.7. The number of nitrogens with zero attached hydrogens (tertiary/aromatic N) is 2. The quantitative estimate of drug-likeness (QED) is 0.798. The molecule has 0 aromatic carbocycles. The summed E-state index contributed by atoms with van der Waals surface area (Å²) in [5.74, 6) is 0. The largest absolute Gasteiger partial charge is 0.313 e. The smallest absolute Gasteiger partial charge is 0.0207 e. The van der Waals surface area contributed by atoms with Gasteiger partial charge in [-0.15, -0.1) is 0 Å². The summed E-state index contributed by atoms with van der Waals surface area (Å²) in [6.07, 6.45) is 7.12. The van der Waals surface area contributed by atoms with E-state index in [4.69, 9.17) is 0 Å². The highest BCUT2D eigenvalue weighted by Gasteiger charge is 2.36. The summed E-state index contributed by atoms with van der Waals surface area (Å²) in [4.78, 5) is 5.50. The maximum atomic E-state index is 3.61. The van der Waals surface area contributed by atoms with Gasteiger partial charge in [-0.25, -0.2) is 0 Å². The first-order valence-corrected chi connectivity index (χ1v) is 7.58. The van der Waals surface area contributed by atoms with Crippen LogP contribution in [-0.4, -0.2) is 60.6 Å². The molecule has 0 bridgehead atoms. The van der Waals surface area contributed by atoms with Crippen molar-refractivity contribution in [1.82, 2.24) is 15.1 Å². The Morgan fingerprint density at radius 3 is 2.71 bits per heavy atom. The zero-order chi connectivity index (χ0) is 11.7. The summed E-state index contributed by atoms with van der Waals surface area (Å²) >= 11 is 0. The molecular formula is C14H27N3. The van der Waals surface area contributed by atoms with Crippen LogP contribution < -0.4 is 5.32 Å². The minimum absolute atomic E-state index is 0.765. The minimum atomic E-state index is 0.765. The molecule has 3 unspecified atom stereocenters. The van der Waals surface area contributed by atoms with Crippen molar-refractivity contribution in [3.8, 4) is 0 Å². The first-order valence-electron chi connectivity index (χ1n) is 7.58. The van der Waals surface area contributed by atoms with Crippen LogP contribution in [-0.2, 0) is 0 Å². The summed E-state index contributed by atoms with van der Waals surface area (Å²) < 4.78 is 0. The molecule has 0 saturated carbocycles. The van der Waals surface area contributed by atoms with E-state index >= 15 is 0 Å². The Bertz CT molecular complexity index is 256. The van der Waals surface area contributed by atoms with Gasteiger partial charge in [-0.2, -0.15) is 0 Å². The van der Waals surface area contributed by atoms with E-state index in [0.29, 0.717) is 0 Å². The fraction of sp³-hybridized carbons (Fsp3) is 1.00. The van der Waals surface area contributed by atoms with Gasteiger partial charge >= 0.3 is 0 Å². The van der Waals surface area contributed by atoms with Crippen LogP contribution in [0, 0.1) is 0 Å². The second-order valence-corrected chi connectivity index (χ2v) is 6.05. The van der Waals surface area contributed by atoms with Gasteiger partial charge in [0.2, 0.25) is 0 Å². The Kier molecular flexibility index (Phi) is 3.69. The number of rotatable bonds is 3. The maximum Gasteiger partial charge on any atom is 0.0207 e. The average molecular weight is 237 g/mol. The number of likely N-dealkylation sites (N-methyl/N-ethyl adjacent to an activating group) is 1. The van der Waals surface area contributed by atoms with E-state index in [9.17, 15) is 0 Å². The fourth-order valence-electron chi connectivity index (χ4n) is 4.11. The molecule has 3 heteroatoms. The van der Waals surface area contributed by atoms with Gasteiger partial charge in [-0.3, -0.25) is 4.90 Å². The molecule has 3 fully saturated rings. The van der Waals surface area contributed by atoms with E-state index in [1.54, 1.807) is 0 Å². The number of likely N-dealkylation sites (tertiary alicyclic amines) is 1. The summed E-state index contributed by atoms with van der Waals surface area (Å²) in [5.41, 5.74) is 0.